The van der Waals surface area contributed by atoms with E-state index in [9.17, 15) is 0 Å². The molecule has 1 unspecified atom stereocenters. The fourth-order valence-corrected chi connectivity index (χ4v) is 7.59. The maximum atomic E-state index is 3.69. The van der Waals surface area contributed by atoms with E-state index < -0.39 is 0 Å². The Hall–Kier alpha value is 0.140. The maximum absolute atomic E-state index is 3.69. The summed E-state index contributed by atoms with van der Waals surface area (Å²) in [5.74, 6) is 5.00. The minimum atomic E-state index is 0.576. The Morgan fingerprint density at radius 1 is 1.15 bits per heavy atom. The Morgan fingerprint density at radius 2 is 1.75 bits per heavy atom. The van der Waals surface area contributed by atoms with Crippen LogP contribution < -0.4 is 5.32 Å². The van der Waals surface area contributed by atoms with Crippen LogP contribution in [0.3, 0.4) is 0 Å². The molecule has 4 aliphatic rings. The van der Waals surface area contributed by atoms with Gasteiger partial charge >= 0.3 is 0 Å². The second kappa shape index (κ2) is 5.10. The van der Waals surface area contributed by atoms with Gasteiger partial charge in [-0.3, -0.25) is 0 Å². The molecule has 0 amide bonds. The molecule has 20 heavy (non-hydrogen) atoms. The van der Waals surface area contributed by atoms with Crippen molar-refractivity contribution in [2.45, 2.75) is 45.1 Å². The molecule has 4 bridgehead atoms. The van der Waals surface area contributed by atoms with Gasteiger partial charge in [0.05, 0.1) is 3.79 Å². The van der Waals surface area contributed by atoms with Crippen LogP contribution in [0, 0.1) is 36.5 Å². The zero-order chi connectivity index (χ0) is 13.9. The van der Waals surface area contributed by atoms with Crippen molar-refractivity contribution >= 4 is 27.3 Å². The summed E-state index contributed by atoms with van der Waals surface area (Å²) in [5.41, 5.74) is 1.56. The van der Waals surface area contributed by atoms with Crippen molar-refractivity contribution in [2.24, 2.45) is 29.6 Å². The molecule has 0 aliphatic heterocycles. The molecule has 0 radical (unpaired) electrons. The van der Waals surface area contributed by atoms with Gasteiger partial charge in [0.2, 0.25) is 0 Å². The number of thiophene rings is 1. The van der Waals surface area contributed by atoms with E-state index in [2.05, 4.69) is 41.3 Å². The predicted octanol–water partition coefficient (Wildman–Crippen LogP) is 5.15. The Balaban J connectivity index is 1.66. The smallest absolute Gasteiger partial charge is 0.0704 e. The highest BCUT2D eigenvalue weighted by Crippen LogP contribution is 2.59. The zero-order valence-corrected chi connectivity index (χ0v) is 14.8. The number of rotatable bonds is 3. The molecule has 1 aromatic heterocycles. The molecule has 1 N–H and O–H groups in total. The fourth-order valence-electron chi connectivity index (χ4n) is 5.83. The molecule has 4 fully saturated rings. The predicted molar refractivity (Wildman–Crippen MR) is 89.1 cm³/mol. The van der Waals surface area contributed by atoms with E-state index in [-0.39, 0.29) is 0 Å². The average molecular weight is 354 g/mol. The van der Waals surface area contributed by atoms with Crippen LogP contribution in [0.15, 0.2) is 9.85 Å². The lowest BCUT2D eigenvalue weighted by Crippen LogP contribution is -2.49. The van der Waals surface area contributed by atoms with Crippen LogP contribution >= 0.6 is 27.3 Å². The van der Waals surface area contributed by atoms with Gasteiger partial charge in [0, 0.05) is 10.9 Å². The first-order valence-corrected chi connectivity index (χ1v) is 9.69. The molecule has 1 aromatic rings. The molecule has 4 saturated carbocycles. The highest BCUT2D eigenvalue weighted by atomic mass is 79.9. The molecule has 5 rings (SSSR count). The third-order valence-electron chi connectivity index (χ3n) is 6.26. The lowest BCUT2D eigenvalue weighted by Gasteiger charge is -2.56. The van der Waals surface area contributed by atoms with Crippen molar-refractivity contribution in [2.75, 3.05) is 7.05 Å². The first-order chi connectivity index (χ1) is 9.65. The minimum absolute atomic E-state index is 0.576. The van der Waals surface area contributed by atoms with Gasteiger partial charge in [-0.1, -0.05) is 0 Å². The van der Waals surface area contributed by atoms with Crippen molar-refractivity contribution < 1.29 is 0 Å². The summed E-state index contributed by atoms with van der Waals surface area (Å²) in [6.07, 6.45) is 7.60. The highest BCUT2D eigenvalue weighted by Gasteiger charge is 2.50. The van der Waals surface area contributed by atoms with Gasteiger partial charge in [0.25, 0.3) is 0 Å². The van der Waals surface area contributed by atoms with Crippen LogP contribution in [0.25, 0.3) is 0 Å². The van der Waals surface area contributed by atoms with Gasteiger partial charge in [-0.15, -0.1) is 11.3 Å². The van der Waals surface area contributed by atoms with E-state index in [0.717, 1.165) is 29.6 Å². The van der Waals surface area contributed by atoms with Gasteiger partial charge in [0.1, 0.15) is 0 Å². The number of nitrogens with one attached hydrogen (secondary N) is 1. The normalized spacial score (nSPS) is 40.2. The maximum Gasteiger partial charge on any atom is 0.0704 e. The van der Waals surface area contributed by atoms with E-state index in [1.165, 1.54) is 34.3 Å². The summed E-state index contributed by atoms with van der Waals surface area (Å²) in [6.45, 7) is 2.28. The standard InChI is InChI=1S/C17H24BrNS/c1-9-14(8-15(18)20-9)17(19-2)16-12-4-10-3-11(6-12)7-13(16)5-10/h8,10-13,16-17,19H,3-7H2,1-2H3. The minimum Gasteiger partial charge on any atom is -0.313 e. The van der Waals surface area contributed by atoms with Gasteiger partial charge in [-0.2, -0.15) is 0 Å². The molecule has 110 valence electrons. The summed E-state index contributed by atoms with van der Waals surface area (Å²) in [7, 11) is 2.17. The second-order valence-corrected chi connectivity index (χ2v) is 9.97. The topological polar surface area (TPSA) is 12.0 Å². The summed E-state index contributed by atoms with van der Waals surface area (Å²) < 4.78 is 1.29. The number of hydrogen-bond acceptors (Lipinski definition) is 2. The summed E-state index contributed by atoms with van der Waals surface area (Å²) in [5, 5.41) is 3.69. The van der Waals surface area contributed by atoms with Crippen LogP contribution in [0.2, 0.25) is 0 Å². The van der Waals surface area contributed by atoms with Gasteiger partial charge < -0.3 is 5.32 Å². The summed E-state index contributed by atoms with van der Waals surface area (Å²) in [4.78, 5) is 1.49. The Kier molecular flexibility index (Phi) is 3.51. The molecular weight excluding hydrogens is 330 g/mol. The second-order valence-electron chi connectivity index (χ2n) is 7.34. The fraction of sp³-hybridized carbons (Fsp3) is 0.765. The number of aryl methyl sites for hydroxylation is 1. The highest BCUT2D eigenvalue weighted by molar-refractivity contribution is 9.11. The molecule has 4 aliphatic carbocycles. The molecular formula is C17H24BrNS. The van der Waals surface area contributed by atoms with E-state index >= 15 is 0 Å². The van der Waals surface area contributed by atoms with Crippen molar-refractivity contribution in [3.63, 3.8) is 0 Å². The zero-order valence-electron chi connectivity index (χ0n) is 12.4. The third-order valence-corrected chi connectivity index (χ3v) is 7.83. The van der Waals surface area contributed by atoms with Gasteiger partial charge in [-0.25, -0.2) is 0 Å². The largest absolute Gasteiger partial charge is 0.313 e. The Labute approximate surface area is 134 Å². The Bertz CT molecular complexity index is 481. The average Bonchev–Trinajstić information content (AvgIpc) is 2.72. The van der Waals surface area contributed by atoms with Crippen LogP contribution in [0.1, 0.15) is 48.6 Å². The monoisotopic (exact) mass is 353 g/mol. The quantitative estimate of drug-likeness (QED) is 0.791. The molecule has 3 heteroatoms. The molecule has 0 saturated heterocycles. The molecule has 0 spiro atoms. The Morgan fingerprint density at radius 3 is 2.20 bits per heavy atom. The van der Waals surface area contributed by atoms with Gasteiger partial charge in [0.15, 0.2) is 0 Å². The first-order valence-electron chi connectivity index (χ1n) is 8.08. The molecule has 0 aromatic carbocycles. The van der Waals surface area contributed by atoms with Crippen LogP contribution in [0.4, 0.5) is 0 Å². The first kappa shape index (κ1) is 13.8. The van der Waals surface area contributed by atoms with E-state index in [1.54, 1.807) is 12.0 Å². The van der Waals surface area contributed by atoms with Crippen molar-refractivity contribution in [1.29, 1.82) is 0 Å². The van der Waals surface area contributed by atoms with E-state index in [4.69, 9.17) is 0 Å². The molecule has 1 atom stereocenters. The third kappa shape index (κ3) is 2.12. The lowest BCUT2D eigenvalue weighted by molar-refractivity contribution is -0.0515. The van der Waals surface area contributed by atoms with E-state index in [0.29, 0.717) is 6.04 Å². The van der Waals surface area contributed by atoms with Crippen molar-refractivity contribution in [3.8, 4) is 0 Å². The lowest BCUT2D eigenvalue weighted by atomic mass is 9.50. The van der Waals surface area contributed by atoms with Crippen molar-refractivity contribution in [3.05, 3.63) is 20.3 Å². The van der Waals surface area contributed by atoms with Crippen LogP contribution in [-0.2, 0) is 0 Å². The molecule has 1 nitrogen and oxygen atoms in total. The number of hydrogen-bond donors (Lipinski definition) is 1. The van der Waals surface area contributed by atoms with Gasteiger partial charge in [-0.05, 0) is 103 Å². The summed E-state index contributed by atoms with van der Waals surface area (Å²) in [6, 6.07) is 2.94. The summed E-state index contributed by atoms with van der Waals surface area (Å²) >= 11 is 5.56. The molecule has 1 heterocycles. The van der Waals surface area contributed by atoms with Crippen LogP contribution in [-0.4, -0.2) is 7.05 Å². The van der Waals surface area contributed by atoms with Crippen molar-refractivity contribution in [1.82, 2.24) is 5.32 Å². The SMILES string of the molecule is CNC(c1cc(Br)sc1C)C1C2CC3CC(C2)CC1C3. The van der Waals surface area contributed by atoms with E-state index in [1.807, 2.05) is 11.3 Å². The number of halogens is 1. The van der Waals surface area contributed by atoms with Crippen LogP contribution in [0.5, 0.6) is 0 Å².